The molecule has 6 heteroatoms. The van der Waals surface area contributed by atoms with Gasteiger partial charge >= 0.3 is 0 Å². The van der Waals surface area contributed by atoms with Crippen LogP contribution in [0.25, 0.3) is 0 Å². The summed E-state index contributed by atoms with van der Waals surface area (Å²) in [7, 11) is 1.78. The first-order valence-corrected chi connectivity index (χ1v) is 8.16. The van der Waals surface area contributed by atoms with Crippen LogP contribution >= 0.6 is 15.9 Å². The van der Waals surface area contributed by atoms with Crippen LogP contribution in [0.1, 0.15) is 44.5 Å². The molecular weight excluding hydrogens is 320 g/mol. The third-order valence-electron chi connectivity index (χ3n) is 4.53. The number of nitrogens with one attached hydrogen (secondary N) is 1. The van der Waals surface area contributed by atoms with E-state index in [1.165, 1.54) is 12.1 Å². The molecule has 1 atom stereocenters. The third kappa shape index (κ3) is 2.66. The number of aromatic nitrogens is 2. The number of nitrogens with zero attached hydrogens (tertiary/aromatic N) is 2. The van der Waals surface area contributed by atoms with E-state index in [2.05, 4.69) is 45.0 Å². The molecule has 2 rings (SSSR count). The zero-order valence-electron chi connectivity index (χ0n) is 12.6. The van der Waals surface area contributed by atoms with Crippen molar-refractivity contribution >= 4 is 15.9 Å². The van der Waals surface area contributed by atoms with Crippen LogP contribution in [-0.2, 0) is 24.1 Å². The van der Waals surface area contributed by atoms with Gasteiger partial charge in [-0.3, -0.25) is 16.0 Å². The fraction of sp³-hybridized carbons (Fsp3) is 0.786. The van der Waals surface area contributed by atoms with Gasteiger partial charge in [0.15, 0.2) is 0 Å². The average Bonchev–Trinajstić information content (AvgIpc) is 2.73. The fourth-order valence-electron chi connectivity index (χ4n) is 3.02. The molecule has 5 nitrogen and oxygen atoms in total. The molecule has 1 aliphatic carbocycles. The lowest BCUT2D eigenvalue weighted by atomic mass is 9.73. The van der Waals surface area contributed by atoms with Crippen LogP contribution in [0, 0.1) is 0 Å². The minimum absolute atomic E-state index is 0.115. The highest BCUT2D eigenvalue weighted by molar-refractivity contribution is 9.10. The van der Waals surface area contributed by atoms with Gasteiger partial charge in [-0.15, -0.1) is 0 Å². The van der Waals surface area contributed by atoms with Gasteiger partial charge in [0.05, 0.1) is 27.5 Å². The molecule has 0 aromatic carbocycles. The van der Waals surface area contributed by atoms with Gasteiger partial charge in [-0.25, -0.2) is 0 Å². The molecule has 0 bridgehead atoms. The number of aryl methyl sites for hydroxylation is 2. The Morgan fingerprint density at radius 1 is 1.50 bits per heavy atom. The number of hydrogen-bond donors (Lipinski definition) is 2. The monoisotopic (exact) mass is 344 g/mol. The Morgan fingerprint density at radius 2 is 2.20 bits per heavy atom. The predicted molar refractivity (Wildman–Crippen MR) is 83.4 cm³/mol. The van der Waals surface area contributed by atoms with E-state index < -0.39 is 0 Å². The second kappa shape index (κ2) is 6.56. The Bertz CT molecular complexity index is 451. The zero-order chi connectivity index (χ0) is 14.8. The van der Waals surface area contributed by atoms with E-state index in [0.717, 1.165) is 42.4 Å². The molecule has 1 aromatic heterocycles. The van der Waals surface area contributed by atoms with Crippen molar-refractivity contribution in [3.63, 3.8) is 0 Å². The first-order chi connectivity index (χ1) is 9.61. The topological polar surface area (TPSA) is 65.1 Å². The molecule has 1 saturated carbocycles. The molecule has 1 fully saturated rings. The van der Waals surface area contributed by atoms with Crippen molar-refractivity contribution in [2.24, 2.45) is 5.84 Å². The zero-order valence-corrected chi connectivity index (χ0v) is 14.2. The van der Waals surface area contributed by atoms with Crippen molar-refractivity contribution < 1.29 is 4.74 Å². The molecule has 0 radical (unpaired) electrons. The summed E-state index contributed by atoms with van der Waals surface area (Å²) < 4.78 is 8.94. The molecular formula is C14H25BrN4O. The summed E-state index contributed by atoms with van der Waals surface area (Å²) in [5, 5.41) is 4.65. The van der Waals surface area contributed by atoms with Gasteiger partial charge in [0.25, 0.3) is 0 Å². The molecule has 3 N–H and O–H groups in total. The quantitative estimate of drug-likeness (QED) is 0.587. The molecule has 0 amide bonds. The molecule has 114 valence electrons. The lowest BCUT2D eigenvalue weighted by Crippen LogP contribution is -2.59. The van der Waals surface area contributed by atoms with Crippen LogP contribution in [0.4, 0.5) is 0 Å². The number of hydrogen-bond acceptors (Lipinski definition) is 4. The maximum Gasteiger partial charge on any atom is 0.0848 e. The molecule has 1 heterocycles. The number of ether oxygens (including phenoxy) is 1. The van der Waals surface area contributed by atoms with Gasteiger partial charge in [-0.05, 0) is 48.5 Å². The second-order valence-corrected chi connectivity index (χ2v) is 6.22. The highest BCUT2D eigenvalue weighted by Crippen LogP contribution is 2.39. The van der Waals surface area contributed by atoms with Crippen LogP contribution < -0.4 is 11.3 Å². The number of halogens is 1. The van der Waals surface area contributed by atoms with Crippen LogP contribution in [0.3, 0.4) is 0 Å². The molecule has 0 aliphatic heterocycles. The van der Waals surface area contributed by atoms with Gasteiger partial charge in [0.1, 0.15) is 0 Å². The number of nitrogens with two attached hydrogens (primary N) is 1. The maximum atomic E-state index is 5.80. The fourth-order valence-corrected chi connectivity index (χ4v) is 3.75. The van der Waals surface area contributed by atoms with E-state index in [1.54, 1.807) is 7.11 Å². The summed E-state index contributed by atoms with van der Waals surface area (Å²) in [5.74, 6) is 5.80. The highest BCUT2D eigenvalue weighted by atomic mass is 79.9. The average molecular weight is 345 g/mol. The van der Waals surface area contributed by atoms with Crippen molar-refractivity contribution in [2.75, 3.05) is 7.11 Å². The van der Waals surface area contributed by atoms with E-state index in [0.29, 0.717) is 0 Å². The van der Waals surface area contributed by atoms with Crippen LogP contribution in [0.15, 0.2) is 4.47 Å². The predicted octanol–water partition coefficient (Wildman–Crippen LogP) is 2.17. The molecule has 0 saturated heterocycles. The summed E-state index contributed by atoms with van der Waals surface area (Å²) in [6.45, 7) is 5.10. The largest absolute Gasteiger partial charge is 0.377 e. The molecule has 1 unspecified atom stereocenters. The summed E-state index contributed by atoms with van der Waals surface area (Å²) in [5.41, 5.74) is 5.15. The first kappa shape index (κ1) is 15.9. The van der Waals surface area contributed by atoms with E-state index in [-0.39, 0.29) is 11.6 Å². The smallest absolute Gasteiger partial charge is 0.0848 e. The number of hydrazine groups is 1. The first-order valence-electron chi connectivity index (χ1n) is 7.37. The van der Waals surface area contributed by atoms with Gasteiger partial charge in [0.2, 0.25) is 0 Å². The minimum Gasteiger partial charge on any atom is -0.377 e. The third-order valence-corrected chi connectivity index (χ3v) is 5.45. The summed E-state index contributed by atoms with van der Waals surface area (Å²) >= 11 is 3.70. The lowest BCUT2D eigenvalue weighted by molar-refractivity contribution is -0.0985. The molecule has 20 heavy (non-hydrogen) atoms. The standard InChI is InChI=1S/C14H25BrN4O/c1-4-10-13(15)11(19(5-2)18-10)9-12(17-16)14(20-3)7-6-8-14/h12,17H,4-9,16H2,1-3H3. The normalized spacial score (nSPS) is 18.9. The SMILES string of the molecule is CCc1nn(CC)c(CC(NN)C2(OC)CCC2)c1Br. The second-order valence-electron chi connectivity index (χ2n) is 5.42. The molecule has 0 spiro atoms. The van der Waals surface area contributed by atoms with Gasteiger partial charge in [-0.2, -0.15) is 5.10 Å². The van der Waals surface area contributed by atoms with Crippen molar-refractivity contribution in [1.29, 1.82) is 0 Å². The Morgan fingerprint density at radius 3 is 2.60 bits per heavy atom. The van der Waals surface area contributed by atoms with Gasteiger partial charge < -0.3 is 4.74 Å². The Balaban J connectivity index is 2.25. The Hall–Kier alpha value is -0.430. The van der Waals surface area contributed by atoms with E-state index in [9.17, 15) is 0 Å². The lowest BCUT2D eigenvalue weighted by Gasteiger charge is -2.46. The Labute approximate surface area is 129 Å². The maximum absolute atomic E-state index is 5.80. The van der Waals surface area contributed by atoms with Crippen LogP contribution in [0.5, 0.6) is 0 Å². The van der Waals surface area contributed by atoms with Crippen molar-refractivity contribution in [1.82, 2.24) is 15.2 Å². The molecule has 1 aliphatic rings. The summed E-state index contributed by atoms with van der Waals surface area (Å²) in [4.78, 5) is 0. The number of rotatable bonds is 7. The minimum atomic E-state index is -0.122. The van der Waals surface area contributed by atoms with Gasteiger partial charge in [-0.1, -0.05) is 6.92 Å². The summed E-state index contributed by atoms with van der Waals surface area (Å²) in [6, 6.07) is 0.115. The van der Waals surface area contributed by atoms with E-state index >= 15 is 0 Å². The van der Waals surface area contributed by atoms with Crippen molar-refractivity contribution in [3.8, 4) is 0 Å². The Kier molecular flexibility index (Phi) is 5.23. The van der Waals surface area contributed by atoms with E-state index in [1.807, 2.05) is 0 Å². The summed E-state index contributed by atoms with van der Waals surface area (Å²) in [6.07, 6.45) is 5.09. The number of methoxy groups -OCH3 is 1. The van der Waals surface area contributed by atoms with Crippen LogP contribution in [-0.4, -0.2) is 28.5 Å². The van der Waals surface area contributed by atoms with E-state index in [4.69, 9.17) is 10.6 Å². The van der Waals surface area contributed by atoms with Crippen molar-refractivity contribution in [2.45, 2.75) is 64.1 Å². The molecule has 1 aromatic rings. The van der Waals surface area contributed by atoms with Gasteiger partial charge in [0, 0.05) is 20.1 Å². The highest BCUT2D eigenvalue weighted by Gasteiger charge is 2.44. The van der Waals surface area contributed by atoms with Crippen molar-refractivity contribution in [3.05, 3.63) is 15.9 Å². The van der Waals surface area contributed by atoms with Crippen LogP contribution in [0.2, 0.25) is 0 Å².